The summed E-state index contributed by atoms with van der Waals surface area (Å²) < 4.78 is 1.94. The summed E-state index contributed by atoms with van der Waals surface area (Å²) in [7, 11) is 0. The maximum absolute atomic E-state index is 11.2. The van der Waals surface area contributed by atoms with Gasteiger partial charge in [0.15, 0.2) is 5.65 Å². The fourth-order valence-electron chi connectivity index (χ4n) is 3.04. The molecule has 1 amide bonds. The van der Waals surface area contributed by atoms with Crippen LogP contribution in [0.2, 0.25) is 0 Å². The number of fused-ring (bicyclic) bond motifs is 1. The molecule has 0 aliphatic carbocycles. The number of aromatic nitrogens is 3. The number of hydrogen-bond acceptors (Lipinski definition) is 4. The van der Waals surface area contributed by atoms with Crippen LogP contribution < -0.4 is 10.2 Å². The number of amides is 1. The molecule has 2 aromatic heterocycles. The van der Waals surface area contributed by atoms with E-state index in [0.29, 0.717) is 0 Å². The summed E-state index contributed by atoms with van der Waals surface area (Å²) in [4.78, 5) is 18.3. The molecule has 6 nitrogen and oxygen atoms in total. The average Bonchev–Trinajstić information content (AvgIpc) is 3.04. The molecular weight excluding hydrogens is 278 g/mol. The third-order valence-corrected chi connectivity index (χ3v) is 4.37. The first-order chi connectivity index (χ1) is 10.5. The summed E-state index contributed by atoms with van der Waals surface area (Å²) in [6, 6.07) is 2.33. The van der Waals surface area contributed by atoms with E-state index in [1.54, 1.807) is 6.92 Å². The Bertz CT molecular complexity index is 721. The minimum atomic E-state index is 0.0340. The highest BCUT2D eigenvalue weighted by molar-refractivity contribution is 5.73. The van der Waals surface area contributed by atoms with Crippen molar-refractivity contribution in [3.8, 4) is 0 Å². The predicted octanol–water partition coefficient (Wildman–Crippen LogP) is 1.62. The Morgan fingerprint density at radius 2 is 2.23 bits per heavy atom. The first-order valence-corrected chi connectivity index (χ1v) is 7.87. The van der Waals surface area contributed by atoms with Crippen molar-refractivity contribution in [1.29, 1.82) is 0 Å². The number of aryl methyl sites for hydroxylation is 3. The van der Waals surface area contributed by atoms with Gasteiger partial charge in [0.2, 0.25) is 5.91 Å². The van der Waals surface area contributed by atoms with E-state index in [-0.39, 0.29) is 11.9 Å². The molecule has 1 saturated heterocycles. The van der Waals surface area contributed by atoms with Crippen LogP contribution >= 0.6 is 0 Å². The van der Waals surface area contributed by atoms with Crippen molar-refractivity contribution >= 4 is 17.4 Å². The molecule has 1 fully saturated rings. The molecule has 0 spiro atoms. The Morgan fingerprint density at radius 3 is 2.91 bits per heavy atom. The van der Waals surface area contributed by atoms with Crippen molar-refractivity contribution in [1.82, 2.24) is 19.9 Å². The molecule has 0 bridgehead atoms. The van der Waals surface area contributed by atoms with Gasteiger partial charge < -0.3 is 10.2 Å². The van der Waals surface area contributed by atoms with Crippen LogP contribution in [-0.2, 0) is 11.2 Å². The third kappa shape index (κ3) is 2.53. The maximum Gasteiger partial charge on any atom is 0.217 e. The van der Waals surface area contributed by atoms with Gasteiger partial charge in [-0.15, -0.1) is 0 Å². The molecule has 0 saturated carbocycles. The molecule has 0 radical (unpaired) electrons. The summed E-state index contributed by atoms with van der Waals surface area (Å²) in [5.41, 5.74) is 4.16. The molecule has 3 rings (SSSR count). The average molecular weight is 301 g/mol. The number of anilines is 1. The van der Waals surface area contributed by atoms with Crippen molar-refractivity contribution in [3.05, 3.63) is 23.0 Å². The molecule has 1 N–H and O–H groups in total. The minimum Gasteiger partial charge on any atom is -0.354 e. The Labute approximate surface area is 130 Å². The van der Waals surface area contributed by atoms with Gasteiger partial charge in [-0.3, -0.25) is 4.79 Å². The zero-order valence-corrected chi connectivity index (χ0v) is 13.7. The van der Waals surface area contributed by atoms with E-state index >= 15 is 0 Å². The van der Waals surface area contributed by atoms with Gasteiger partial charge in [-0.1, -0.05) is 6.92 Å². The molecule has 1 aliphatic rings. The maximum atomic E-state index is 11.2. The first kappa shape index (κ1) is 14.8. The van der Waals surface area contributed by atoms with E-state index in [4.69, 9.17) is 4.98 Å². The van der Waals surface area contributed by atoms with Crippen LogP contribution in [0.1, 0.15) is 37.2 Å². The lowest BCUT2D eigenvalue weighted by molar-refractivity contribution is -0.119. The molecule has 0 aromatic carbocycles. The third-order valence-electron chi connectivity index (χ3n) is 4.37. The van der Waals surface area contributed by atoms with E-state index in [2.05, 4.69) is 35.2 Å². The molecular formula is C16H23N5O. The number of hydrogen-bond donors (Lipinski definition) is 1. The van der Waals surface area contributed by atoms with Gasteiger partial charge in [0, 0.05) is 43.4 Å². The summed E-state index contributed by atoms with van der Waals surface area (Å²) >= 11 is 0. The standard InChI is InChI=1S/C16H23N5O/c1-5-13-8-15(20-7-6-14(9-20)17-12(4)22)21-16(18-13)10(2)11(3)19-21/h8,14H,5-7,9H2,1-4H3,(H,17,22)/t14-/m1/s1. The van der Waals surface area contributed by atoms with Crippen molar-refractivity contribution < 1.29 is 4.79 Å². The van der Waals surface area contributed by atoms with E-state index in [0.717, 1.165) is 54.3 Å². The smallest absolute Gasteiger partial charge is 0.217 e. The zero-order valence-electron chi connectivity index (χ0n) is 13.7. The van der Waals surface area contributed by atoms with Crippen LogP contribution in [0.25, 0.3) is 5.65 Å². The molecule has 1 aliphatic heterocycles. The van der Waals surface area contributed by atoms with Crippen molar-refractivity contribution in [3.63, 3.8) is 0 Å². The second kappa shape index (κ2) is 5.59. The lowest BCUT2D eigenvalue weighted by Gasteiger charge is -2.20. The summed E-state index contributed by atoms with van der Waals surface area (Å²) in [6.07, 6.45) is 1.86. The number of nitrogens with zero attached hydrogens (tertiary/aromatic N) is 4. The van der Waals surface area contributed by atoms with Gasteiger partial charge in [-0.2, -0.15) is 9.61 Å². The largest absolute Gasteiger partial charge is 0.354 e. The Balaban J connectivity index is 1.99. The molecule has 0 unspecified atom stereocenters. The van der Waals surface area contributed by atoms with Gasteiger partial charge in [-0.05, 0) is 26.7 Å². The van der Waals surface area contributed by atoms with Crippen molar-refractivity contribution in [2.75, 3.05) is 18.0 Å². The molecule has 6 heteroatoms. The van der Waals surface area contributed by atoms with E-state index in [1.165, 1.54) is 0 Å². The van der Waals surface area contributed by atoms with E-state index in [9.17, 15) is 4.79 Å². The fraction of sp³-hybridized carbons (Fsp3) is 0.562. The highest BCUT2D eigenvalue weighted by atomic mass is 16.1. The van der Waals surface area contributed by atoms with Gasteiger partial charge in [0.25, 0.3) is 0 Å². The number of carbonyl (C=O) groups is 1. The Hall–Kier alpha value is -2.11. The summed E-state index contributed by atoms with van der Waals surface area (Å²) in [5, 5.41) is 7.65. The Morgan fingerprint density at radius 1 is 1.45 bits per heavy atom. The number of rotatable bonds is 3. The van der Waals surface area contributed by atoms with E-state index in [1.807, 2.05) is 11.4 Å². The van der Waals surface area contributed by atoms with E-state index < -0.39 is 0 Å². The molecule has 1 atom stereocenters. The van der Waals surface area contributed by atoms with Crippen molar-refractivity contribution in [2.24, 2.45) is 0 Å². The van der Waals surface area contributed by atoms with Gasteiger partial charge in [0.1, 0.15) is 5.82 Å². The second-order valence-corrected chi connectivity index (χ2v) is 6.04. The van der Waals surface area contributed by atoms with Gasteiger partial charge in [-0.25, -0.2) is 4.98 Å². The van der Waals surface area contributed by atoms with Gasteiger partial charge >= 0.3 is 0 Å². The van der Waals surface area contributed by atoms with Crippen LogP contribution in [0.3, 0.4) is 0 Å². The topological polar surface area (TPSA) is 62.5 Å². The predicted molar refractivity (Wildman–Crippen MR) is 86.3 cm³/mol. The normalized spacial score (nSPS) is 18.2. The quantitative estimate of drug-likeness (QED) is 0.936. The summed E-state index contributed by atoms with van der Waals surface area (Å²) in [6.45, 7) is 9.51. The SMILES string of the molecule is CCc1cc(N2CC[C@@H](NC(C)=O)C2)n2nc(C)c(C)c2n1. The first-order valence-electron chi connectivity index (χ1n) is 7.87. The highest BCUT2D eigenvalue weighted by Gasteiger charge is 2.26. The summed E-state index contributed by atoms with van der Waals surface area (Å²) in [5.74, 6) is 1.11. The van der Waals surface area contributed by atoms with Crippen LogP contribution in [0.4, 0.5) is 5.82 Å². The molecule has 118 valence electrons. The van der Waals surface area contributed by atoms with Crippen LogP contribution in [0.15, 0.2) is 6.07 Å². The lowest BCUT2D eigenvalue weighted by Crippen LogP contribution is -2.36. The van der Waals surface area contributed by atoms with Crippen LogP contribution in [0.5, 0.6) is 0 Å². The Kier molecular flexibility index (Phi) is 3.76. The monoisotopic (exact) mass is 301 g/mol. The molecule has 22 heavy (non-hydrogen) atoms. The second-order valence-electron chi connectivity index (χ2n) is 6.04. The highest BCUT2D eigenvalue weighted by Crippen LogP contribution is 2.24. The van der Waals surface area contributed by atoms with Crippen LogP contribution in [-0.4, -0.2) is 39.6 Å². The molecule has 3 heterocycles. The van der Waals surface area contributed by atoms with Crippen molar-refractivity contribution in [2.45, 2.75) is 46.6 Å². The minimum absolute atomic E-state index is 0.0340. The fourth-order valence-corrected chi connectivity index (χ4v) is 3.04. The van der Waals surface area contributed by atoms with Crippen LogP contribution in [0, 0.1) is 13.8 Å². The number of nitrogens with one attached hydrogen (secondary N) is 1. The lowest BCUT2D eigenvalue weighted by atomic mass is 10.2. The number of carbonyl (C=O) groups excluding carboxylic acids is 1. The zero-order chi connectivity index (χ0) is 15.9. The molecule has 2 aromatic rings. The van der Waals surface area contributed by atoms with Gasteiger partial charge in [0.05, 0.1) is 5.69 Å².